The molecule has 1 fully saturated rings. The van der Waals surface area contributed by atoms with Crippen molar-refractivity contribution in [3.05, 3.63) is 53.4 Å². The van der Waals surface area contributed by atoms with E-state index in [-0.39, 0.29) is 18.4 Å². The van der Waals surface area contributed by atoms with E-state index in [1.807, 2.05) is 23.6 Å². The molecule has 1 amide bonds. The van der Waals surface area contributed by atoms with Crippen LogP contribution in [-0.2, 0) is 10.2 Å². The van der Waals surface area contributed by atoms with E-state index in [1.54, 1.807) is 24.3 Å². The van der Waals surface area contributed by atoms with Crippen molar-refractivity contribution < 1.29 is 19.4 Å². The van der Waals surface area contributed by atoms with Crippen molar-refractivity contribution >= 4 is 22.4 Å². The summed E-state index contributed by atoms with van der Waals surface area (Å²) in [5, 5.41) is 14.8. The molecule has 7 heteroatoms. The highest BCUT2D eigenvalue weighted by Crippen LogP contribution is 2.51. The molecule has 1 aliphatic heterocycles. The van der Waals surface area contributed by atoms with Gasteiger partial charge in [-0.25, -0.2) is 4.98 Å². The third-order valence-corrected chi connectivity index (χ3v) is 5.76. The number of hydrogen-bond acceptors (Lipinski definition) is 6. The maximum atomic E-state index is 12.9. The Hall–Kier alpha value is -3.06. The normalized spacial score (nSPS) is 16.1. The van der Waals surface area contributed by atoms with Gasteiger partial charge in [-0.15, -0.1) is 11.3 Å². The highest BCUT2D eigenvalue weighted by atomic mass is 32.1. The molecule has 136 valence electrons. The van der Waals surface area contributed by atoms with Gasteiger partial charge in [0.25, 0.3) is 0 Å². The van der Waals surface area contributed by atoms with E-state index in [9.17, 15) is 9.90 Å². The number of aromatic nitrogens is 1. The van der Waals surface area contributed by atoms with Gasteiger partial charge in [0.1, 0.15) is 5.75 Å². The zero-order valence-electron chi connectivity index (χ0n) is 14.3. The lowest BCUT2D eigenvalue weighted by atomic mass is 9.94. The monoisotopic (exact) mass is 380 g/mol. The van der Waals surface area contributed by atoms with Gasteiger partial charge in [-0.05, 0) is 54.8 Å². The van der Waals surface area contributed by atoms with Gasteiger partial charge >= 0.3 is 0 Å². The summed E-state index contributed by atoms with van der Waals surface area (Å²) >= 11 is 1.39. The van der Waals surface area contributed by atoms with E-state index < -0.39 is 5.41 Å². The number of thiazole rings is 1. The lowest BCUT2D eigenvalue weighted by Crippen LogP contribution is -2.27. The number of carbonyl (C=O) groups excluding carboxylic acids is 1. The number of rotatable bonds is 4. The van der Waals surface area contributed by atoms with Crippen LogP contribution in [0.25, 0.3) is 11.3 Å². The fraction of sp³-hybridized carbons (Fsp3) is 0.200. The first-order valence-electron chi connectivity index (χ1n) is 8.61. The van der Waals surface area contributed by atoms with E-state index in [1.165, 1.54) is 11.3 Å². The van der Waals surface area contributed by atoms with Crippen LogP contribution in [0.2, 0.25) is 0 Å². The van der Waals surface area contributed by atoms with E-state index in [0.29, 0.717) is 16.6 Å². The van der Waals surface area contributed by atoms with Gasteiger partial charge in [-0.1, -0.05) is 6.07 Å². The molecule has 3 aromatic rings. The van der Waals surface area contributed by atoms with Gasteiger partial charge in [0.15, 0.2) is 16.6 Å². The zero-order valence-corrected chi connectivity index (χ0v) is 15.1. The van der Waals surface area contributed by atoms with Crippen molar-refractivity contribution in [3.63, 3.8) is 0 Å². The number of benzene rings is 2. The Morgan fingerprint density at radius 1 is 1.11 bits per heavy atom. The molecule has 1 aliphatic carbocycles. The molecule has 1 saturated carbocycles. The molecule has 6 nitrogen and oxygen atoms in total. The van der Waals surface area contributed by atoms with E-state index in [2.05, 4.69) is 10.3 Å². The Balaban J connectivity index is 1.35. The summed E-state index contributed by atoms with van der Waals surface area (Å²) in [5.41, 5.74) is 2.08. The van der Waals surface area contributed by atoms with Crippen molar-refractivity contribution in [2.24, 2.45) is 0 Å². The van der Waals surface area contributed by atoms with E-state index in [0.717, 1.165) is 29.7 Å². The summed E-state index contributed by atoms with van der Waals surface area (Å²) in [5.74, 6) is 1.57. The lowest BCUT2D eigenvalue weighted by Gasteiger charge is -2.15. The summed E-state index contributed by atoms with van der Waals surface area (Å²) in [6.07, 6.45) is 1.60. The fourth-order valence-corrected chi connectivity index (χ4v) is 3.99. The van der Waals surface area contributed by atoms with Crippen LogP contribution < -0.4 is 14.8 Å². The number of amides is 1. The number of carbonyl (C=O) groups is 1. The average molecular weight is 380 g/mol. The fourth-order valence-electron chi connectivity index (χ4n) is 3.28. The summed E-state index contributed by atoms with van der Waals surface area (Å²) in [4.78, 5) is 17.4. The van der Waals surface area contributed by atoms with Crippen LogP contribution in [0.4, 0.5) is 5.13 Å². The van der Waals surface area contributed by atoms with Crippen LogP contribution in [0.3, 0.4) is 0 Å². The molecule has 2 aromatic carbocycles. The van der Waals surface area contributed by atoms with Crippen LogP contribution in [0.5, 0.6) is 17.2 Å². The molecule has 0 bridgehead atoms. The highest BCUT2D eigenvalue weighted by Gasteiger charge is 2.52. The Labute approximate surface area is 159 Å². The second-order valence-electron chi connectivity index (χ2n) is 6.69. The Kier molecular flexibility index (Phi) is 3.58. The number of phenols is 1. The number of nitrogens with zero attached hydrogens (tertiary/aromatic N) is 1. The first-order chi connectivity index (χ1) is 13.1. The molecule has 2 N–H and O–H groups in total. The first-order valence-corrected chi connectivity index (χ1v) is 9.49. The molecule has 2 aliphatic rings. The SMILES string of the molecule is O=C(Nc1nc(-c2ccc(O)cc2)cs1)C1(c2ccc3c(c2)OCO3)CC1. The zero-order chi connectivity index (χ0) is 18.4. The minimum Gasteiger partial charge on any atom is -0.508 e. The highest BCUT2D eigenvalue weighted by molar-refractivity contribution is 7.14. The van der Waals surface area contributed by atoms with Crippen molar-refractivity contribution in [2.75, 3.05) is 12.1 Å². The standard InChI is InChI=1S/C20H16N2O4S/c23-14-4-1-12(2-5-14)15-10-27-19(21-15)22-18(24)20(7-8-20)13-3-6-16-17(9-13)26-11-25-16/h1-6,9-10,23H,7-8,11H2,(H,21,22,24). The third kappa shape index (κ3) is 2.80. The predicted molar refractivity (Wildman–Crippen MR) is 101 cm³/mol. The van der Waals surface area contributed by atoms with E-state index >= 15 is 0 Å². The maximum Gasteiger partial charge on any atom is 0.236 e. The smallest absolute Gasteiger partial charge is 0.236 e. The quantitative estimate of drug-likeness (QED) is 0.717. The molecule has 0 atom stereocenters. The van der Waals surface area contributed by atoms with Gasteiger partial charge in [-0.2, -0.15) is 0 Å². The Morgan fingerprint density at radius 2 is 1.89 bits per heavy atom. The Bertz CT molecular complexity index is 1020. The molecule has 1 aromatic heterocycles. The van der Waals surface area contributed by atoms with Crippen LogP contribution in [0.15, 0.2) is 47.8 Å². The van der Waals surface area contributed by atoms with Crippen LogP contribution >= 0.6 is 11.3 Å². The number of ether oxygens (including phenoxy) is 2. The summed E-state index contributed by atoms with van der Waals surface area (Å²) in [7, 11) is 0. The minimum absolute atomic E-state index is 0.0482. The van der Waals surface area contributed by atoms with Gasteiger partial charge in [0.05, 0.1) is 11.1 Å². The number of anilines is 1. The molecule has 0 spiro atoms. The van der Waals surface area contributed by atoms with Crippen molar-refractivity contribution in [2.45, 2.75) is 18.3 Å². The molecule has 0 unspecified atom stereocenters. The van der Waals surface area contributed by atoms with Gasteiger partial charge < -0.3 is 19.9 Å². The molecular formula is C20H16N2O4S. The van der Waals surface area contributed by atoms with Crippen LogP contribution in [0.1, 0.15) is 18.4 Å². The van der Waals surface area contributed by atoms with Crippen LogP contribution in [0, 0.1) is 0 Å². The maximum absolute atomic E-state index is 12.9. The van der Waals surface area contributed by atoms with E-state index in [4.69, 9.17) is 9.47 Å². The number of hydrogen-bond donors (Lipinski definition) is 2. The number of fused-ring (bicyclic) bond motifs is 1. The first kappa shape index (κ1) is 16.1. The van der Waals surface area contributed by atoms with Gasteiger partial charge in [-0.3, -0.25) is 4.79 Å². The number of nitrogens with one attached hydrogen (secondary N) is 1. The second kappa shape index (κ2) is 5.99. The molecule has 2 heterocycles. The largest absolute Gasteiger partial charge is 0.508 e. The molecule has 0 radical (unpaired) electrons. The predicted octanol–water partition coefficient (Wildman–Crippen LogP) is 3.91. The molecular weight excluding hydrogens is 364 g/mol. The van der Waals surface area contributed by atoms with Crippen molar-refractivity contribution in [1.29, 1.82) is 0 Å². The lowest BCUT2D eigenvalue weighted by molar-refractivity contribution is -0.118. The topological polar surface area (TPSA) is 80.7 Å². The number of phenolic OH excluding ortho intramolecular Hbond substituents is 1. The van der Waals surface area contributed by atoms with Crippen molar-refractivity contribution in [1.82, 2.24) is 4.98 Å². The Morgan fingerprint density at radius 3 is 2.67 bits per heavy atom. The molecule has 27 heavy (non-hydrogen) atoms. The summed E-state index contributed by atoms with van der Waals surface area (Å²) < 4.78 is 10.8. The minimum atomic E-state index is -0.522. The average Bonchev–Trinajstić information content (AvgIpc) is 3.14. The molecule has 0 saturated heterocycles. The van der Waals surface area contributed by atoms with Crippen molar-refractivity contribution in [3.8, 4) is 28.5 Å². The van der Waals surface area contributed by atoms with Gasteiger partial charge in [0.2, 0.25) is 12.7 Å². The second-order valence-corrected chi connectivity index (χ2v) is 7.55. The molecule has 5 rings (SSSR count). The summed E-state index contributed by atoms with van der Waals surface area (Å²) in [6, 6.07) is 12.5. The summed E-state index contributed by atoms with van der Waals surface area (Å²) in [6.45, 7) is 0.219. The van der Waals surface area contributed by atoms with Crippen LogP contribution in [-0.4, -0.2) is 22.8 Å². The third-order valence-electron chi connectivity index (χ3n) is 5.00. The number of aromatic hydroxyl groups is 1. The van der Waals surface area contributed by atoms with Gasteiger partial charge in [0, 0.05) is 10.9 Å².